The van der Waals surface area contributed by atoms with Crippen LogP contribution in [0.25, 0.3) is 21.5 Å². The van der Waals surface area contributed by atoms with Crippen LogP contribution in [-0.4, -0.2) is 70.7 Å². The molecule has 4 aromatic rings. The van der Waals surface area contributed by atoms with Crippen molar-refractivity contribution in [2.75, 3.05) is 42.8 Å². The first kappa shape index (κ1) is 35.4. The van der Waals surface area contributed by atoms with Gasteiger partial charge in [0.15, 0.2) is 0 Å². The molecule has 0 radical (unpaired) electrons. The SMILES string of the molecule is C[S+](C)CCCNC(=O)c1csc(-c2csc(CCNC(=O)CCC(=O)N3CCc4c3c(CCl)c(O)c3ccccc43)n2)n1.[I-]. The molecule has 0 unspecified atom stereocenters. The zero-order chi connectivity index (χ0) is 31.2. The number of carbonyl (C=O) groups excluding carboxylic acids is 3. The van der Waals surface area contributed by atoms with E-state index in [1.54, 1.807) is 10.3 Å². The van der Waals surface area contributed by atoms with Crippen molar-refractivity contribution in [3.8, 4) is 16.5 Å². The second-order valence-electron chi connectivity index (χ2n) is 10.7. The molecule has 0 fully saturated rings. The van der Waals surface area contributed by atoms with Crippen molar-refractivity contribution in [2.45, 2.75) is 38.0 Å². The molecule has 3 N–H and O–H groups in total. The van der Waals surface area contributed by atoms with Gasteiger partial charge in [0, 0.05) is 67.0 Å². The molecule has 14 heteroatoms. The molecule has 0 bridgehead atoms. The van der Waals surface area contributed by atoms with Gasteiger partial charge in [-0.25, -0.2) is 9.97 Å². The molecule has 0 spiro atoms. The molecule has 5 rings (SSSR count). The molecule has 0 aliphatic carbocycles. The Balaban J connectivity index is 0.00000461. The maximum Gasteiger partial charge on any atom is 0.270 e. The van der Waals surface area contributed by atoms with Crippen LogP contribution in [0.15, 0.2) is 35.0 Å². The number of thiazole rings is 2. The minimum Gasteiger partial charge on any atom is -1.00 e. The van der Waals surface area contributed by atoms with Crippen molar-refractivity contribution in [3.63, 3.8) is 0 Å². The summed E-state index contributed by atoms with van der Waals surface area (Å²) in [6.45, 7) is 1.52. The van der Waals surface area contributed by atoms with Gasteiger partial charge in [0.25, 0.3) is 5.91 Å². The van der Waals surface area contributed by atoms with Gasteiger partial charge < -0.3 is 44.6 Å². The van der Waals surface area contributed by atoms with Crippen LogP contribution in [0.4, 0.5) is 5.69 Å². The summed E-state index contributed by atoms with van der Waals surface area (Å²) < 4.78 is 0. The van der Waals surface area contributed by atoms with Gasteiger partial charge in [-0.1, -0.05) is 24.3 Å². The summed E-state index contributed by atoms with van der Waals surface area (Å²) in [7, 11) is 0.364. The summed E-state index contributed by atoms with van der Waals surface area (Å²) in [5.41, 5.74) is 3.34. The number of anilines is 1. The Morgan fingerprint density at radius 2 is 1.82 bits per heavy atom. The minimum absolute atomic E-state index is 0. The Labute approximate surface area is 295 Å². The van der Waals surface area contributed by atoms with Crippen LogP contribution in [0.2, 0.25) is 0 Å². The van der Waals surface area contributed by atoms with Crippen LogP contribution in [-0.2, 0) is 39.2 Å². The number of phenolic OH excluding ortho intramolecular Hbond substituents is 1. The lowest BCUT2D eigenvalue weighted by Gasteiger charge is -2.21. The second kappa shape index (κ2) is 16.4. The van der Waals surface area contributed by atoms with E-state index in [-0.39, 0.29) is 66.2 Å². The summed E-state index contributed by atoms with van der Waals surface area (Å²) in [5, 5.41) is 23.5. The molecular formula is C31H35ClIN5O4S3. The Hall–Kier alpha value is -2.46. The predicted octanol–water partition coefficient (Wildman–Crippen LogP) is 1.89. The molecule has 0 saturated heterocycles. The number of fused-ring (bicyclic) bond motifs is 3. The number of carbonyl (C=O) groups is 3. The third-order valence-corrected chi connectivity index (χ3v) is 10.6. The van der Waals surface area contributed by atoms with Gasteiger partial charge in [-0.05, 0) is 28.3 Å². The number of alkyl halides is 1. The van der Waals surface area contributed by atoms with Crippen LogP contribution in [0.5, 0.6) is 5.75 Å². The van der Waals surface area contributed by atoms with E-state index in [0.29, 0.717) is 71.0 Å². The largest absolute Gasteiger partial charge is 1.00 e. The van der Waals surface area contributed by atoms with E-state index in [9.17, 15) is 19.5 Å². The van der Waals surface area contributed by atoms with Crippen molar-refractivity contribution in [3.05, 3.63) is 56.9 Å². The number of aromatic nitrogens is 2. The van der Waals surface area contributed by atoms with E-state index in [0.717, 1.165) is 33.5 Å². The molecular weight excluding hydrogens is 765 g/mol. The molecule has 0 atom stereocenters. The molecule has 0 saturated carbocycles. The number of amides is 3. The average molecular weight is 800 g/mol. The number of hydrogen-bond donors (Lipinski definition) is 3. The lowest BCUT2D eigenvalue weighted by molar-refractivity contribution is -0.125. The molecule has 1 aliphatic rings. The first-order chi connectivity index (χ1) is 21.3. The third-order valence-electron chi connectivity index (χ3n) is 7.40. The molecule has 45 heavy (non-hydrogen) atoms. The van der Waals surface area contributed by atoms with Gasteiger partial charge in [0.1, 0.15) is 27.9 Å². The zero-order valence-electron chi connectivity index (χ0n) is 25.0. The summed E-state index contributed by atoms with van der Waals surface area (Å²) in [6, 6.07) is 7.58. The van der Waals surface area contributed by atoms with E-state index in [1.807, 2.05) is 29.6 Å². The Kier molecular flexibility index (Phi) is 12.9. The smallest absolute Gasteiger partial charge is 0.270 e. The van der Waals surface area contributed by atoms with Crippen molar-refractivity contribution < 1.29 is 43.5 Å². The predicted molar refractivity (Wildman–Crippen MR) is 181 cm³/mol. The fourth-order valence-electron chi connectivity index (χ4n) is 5.25. The van der Waals surface area contributed by atoms with Gasteiger partial charge >= 0.3 is 0 Å². The molecule has 9 nitrogen and oxygen atoms in total. The lowest BCUT2D eigenvalue weighted by Crippen LogP contribution is -3.00. The number of nitrogens with one attached hydrogen (secondary N) is 2. The number of hydrogen-bond acceptors (Lipinski definition) is 8. The van der Waals surface area contributed by atoms with Crippen molar-refractivity contribution in [2.24, 2.45) is 0 Å². The van der Waals surface area contributed by atoms with E-state index in [2.05, 4.69) is 33.1 Å². The average Bonchev–Trinajstić information content (AvgIpc) is 3.79. The minimum atomic E-state index is -0.210. The highest BCUT2D eigenvalue weighted by Gasteiger charge is 2.31. The second-order valence-corrected chi connectivity index (χ2v) is 15.1. The highest BCUT2D eigenvalue weighted by atomic mass is 127. The van der Waals surface area contributed by atoms with E-state index in [4.69, 9.17) is 11.6 Å². The quantitative estimate of drug-likeness (QED) is 0.0823. The summed E-state index contributed by atoms with van der Waals surface area (Å²) >= 11 is 9.08. The Morgan fingerprint density at radius 3 is 2.58 bits per heavy atom. The maximum atomic E-state index is 13.2. The van der Waals surface area contributed by atoms with Crippen molar-refractivity contribution in [1.29, 1.82) is 0 Å². The van der Waals surface area contributed by atoms with Gasteiger partial charge in [-0.3, -0.25) is 14.4 Å². The summed E-state index contributed by atoms with van der Waals surface area (Å²) in [4.78, 5) is 48.9. The Morgan fingerprint density at radius 1 is 1.04 bits per heavy atom. The van der Waals surface area contributed by atoms with Crippen molar-refractivity contribution in [1.82, 2.24) is 20.6 Å². The number of phenols is 1. The van der Waals surface area contributed by atoms with Crippen LogP contribution in [0, 0.1) is 0 Å². The summed E-state index contributed by atoms with van der Waals surface area (Å²) in [6.07, 6.45) is 6.66. The number of halogens is 2. The van der Waals surface area contributed by atoms with Gasteiger partial charge in [-0.2, -0.15) is 0 Å². The van der Waals surface area contributed by atoms with Crippen LogP contribution in [0.3, 0.4) is 0 Å². The van der Waals surface area contributed by atoms with Crippen LogP contribution >= 0.6 is 34.3 Å². The molecule has 2 aromatic heterocycles. The van der Waals surface area contributed by atoms with Gasteiger partial charge in [-0.15, -0.1) is 34.3 Å². The molecule has 2 aromatic carbocycles. The molecule has 3 amide bonds. The first-order valence-electron chi connectivity index (χ1n) is 14.4. The fraction of sp³-hybridized carbons (Fsp3) is 0.387. The van der Waals surface area contributed by atoms with Crippen LogP contribution in [0.1, 0.15) is 45.9 Å². The number of benzene rings is 2. The van der Waals surface area contributed by atoms with E-state index >= 15 is 0 Å². The van der Waals surface area contributed by atoms with Gasteiger partial charge in [0.05, 0.1) is 29.1 Å². The number of nitrogens with zero attached hydrogens (tertiary/aromatic N) is 3. The zero-order valence-corrected chi connectivity index (χ0v) is 30.4. The van der Waals surface area contributed by atoms with E-state index in [1.165, 1.54) is 22.7 Å². The topological polar surface area (TPSA) is 125 Å². The first-order valence-corrected chi connectivity index (χ1v) is 18.9. The highest BCUT2D eigenvalue weighted by molar-refractivity contribution is 7.95. The monoisotopic (exact) mass is 799 g/mol. The third kappa shape index (κ3) is 8.47. The normalized spacial score (nSPS) is 12.3. The maximum absolute atomic E-state index is 13.2. The molecule has 1 aliphatic heterocycles. The molecule has 240 valence electrons. The standard InChI is InChI=1S/C31H34ClN5O4S3.HI/c1-44(2)15-5-12-34-30(41)23-17-43-31(36-23)24-18-42-26(35-24)10-13-33-25(38)8-9-27(39)37-14-11-20-19-6-3-4-7-21(19)29(40)22(16-32)28(20)37;/h3-4,6-7,17-18H,5,8-16H2,1-2H3,(H2-,33,34,38,40,41);1H. The van der Waals surface area contributed by atoms with Crippen LogP contribution < -0.4 is 39.5 Å². The summed E-state index contributed by atoms with van der Waals surface area (Å²) in [5.74, 6) is 0.729. The number of rotatable bonds is 13. The van der Waals surface area contributed by atoms with Crippen molar-refractivity contribution >= 4 is 79.4 Å². The number of aromatic hydroxyl groups is 1. The molecule has 3 heterocycles. The lowest BCUT2D eigenvalue weighted by atomic mass is 9.97. The highest BCUT2D eigenvalue weighted by Crippen LogP contribution is 2.44. The van der Waals surface area contributed by atoms with Gasteiger partial charge in [0.2, 0.25) is 11.8 Å². The van der Waals surface area contributed by atoms with E-state index < -0.39 is 0 Å². The fourth-order valence-corrected chi connectivity index (χ4v) is 7.84. The Bertz CT molecular complexity index is 1680.